The van der Waals surface area contributed by atoms with Gasteiger partial charge >= 0.3 is 0 Å². The first kappa shape index (κ1) is 18.4. The summed E-state index contributed by atoms with van der Waals surface area (Å²) < 4.78 is 32.3. The van der Waals surface area contributed by atoms with E-state index in [4.69, 9.17) is 4.74 Å². The minimum absolute atomic E-state index is 0.188. The molecule has 26 heavy (non-hydrogen) atoms. The van der Waals surface area contributed by atoms with Gasteiger partial charge in [0.2, 0.25) is 10.0 Å². The Morgan fingerprint density at radius 1 is 1.19 bits per heavy atom. The highest BCUT2D eigenvalue weighted by atomic mass is 32.2. The van der Waals surface area contributed by atoms with Gasteiger partial charge in [-0.25, -0.2) is 8.42 Å². The van der Waals surface area contributed by atoms with Gasteiger partial charge in [0.25, 0.3) is 5.91 Å². The highest BCUT2D eigenvalue weighted by Crippen LogP contribution is 2.21. The number of aryl methyl sites for hydroxylation is 1. The molecule has 1 saturated heterocycles. The minimum atomic E-state index is -3.59. The molecular formula is C17H22N4O4S. The number of piperazine rings is 1. The fourth-order valence-electron chi connectivity index (χ4n) is 2.84. The molecule has 2 aromatic rings. The maximum absolute atomic E-state index is 12.8. The second-order valence-corrected chi connectivity index (χ2v) is 7.97. The first-order valence-corrected chi connectivity index (χ1v) is 9.90. The number of nitrogens with one attached hydrogen (secondary N) is 1. The fourth-order valence-corrected chi connectivity index (χ4v) is 4.27. The van der Waals surface area contributed by atoms with Crippen LogP contribution in [0.1, 0.15) is 23.1 Å². The van der Waals surface area contributed by atoms with Crippen LogP contribution in [0, 0.1) is 6.92 Å². The number of amides is 1. The van der Waals surface area contributed by atoms with Crippen molar-refractivity contribution in [3.8, 4) is 5.75 Å². The maximum atomic E-state index is 12.8. The number of hydrogen-bond donors (Lipinski definition) is 1. The summed E-state index contributed by atoms with van der Waals surface area (Å²) >= 11 is 0. The highest BCUT2D eigenvalue weighted by Gasteiger charge is 2.31. The van der Waals surface area contributed by atoms with Crippen LogP contribution in [0.2, 0.25) is 0 Å². The highest BCUT2D eigenvalue weighted by molar-refractivity contribution is 7.89. The molecular weight excluding hydrogens is 356 g/mol. The van der Waals surface area contributed by atoms with E-state index in [0.29, 0.717) is 31.1 Å². The van der Waals surface area contributed by atoms with Gasteiger partial charge in [0.1, 0.15) is 11.4 Å². The normalized spacial score (nSPS) is 15.8. The number of carbonyl (C=O) groups is 1. The van der Waals surface area contributed by atoms with Crippen molar-refractivity contribution < 1.29 is 17.9 Å². The molecule has 0 unspecified atom stereocenters. The number of rotatable bonds is 5. The molecule has 0 bridgehead atoms. The van der Waals surface area contributed by atoms with Crippen LogP contribution in [0.4, 0.5) is 0 Å². The van der Waals surface area contributed by atoms with Gasteiger partial charge < -0.3 is 9.64 Å². The molecule has 1 aromatic heterocycles. The average Bonchev–Trinajstić information content (AvgIpc) is 3.08. The summed E-state index contributed by atoms with van der Waals surface area (Å²) in [4.78, 5) is 14.3. The minimum Gasteiger partial charge on any atom is -0.494 e. The van der Waals surface area contributed by atoms with E-state index in [0.717, 1.165) is 5.69 Å². The molecule has 1 aromatic carbocycles. The zero-order valence-electron chi connectivity index (χ0n) is 14.8. The first-order chi connectivity index (χ1) is 12.4. The third-order valence-electron chi connectivity index (χ3n) is 4.22. The van der Waals surface area contributed by atoms with Crippen LogP contribution in [0.5, 0.6) is 5.75 Å². The van der Waals surface area contributed by atoms with Crippen molar-refractivity contribution in [2.75, 3.05) is 32.8 Å². The molecule has 1 fully saturated rings. The first-order valence-electron chi connectivity index (χ1n) is 8.46. The summed E-state index contributed by atoms with van der Waals surface area (Å²) in [6.07, 6.45) is 0. The molecule has 1 amide bonds. The Bertz CT molecular complexity index is 868. The molecule has 2 heterocycles. The van der Waals surface area contributed by atoms with Gasteiger partial charge in [-0.05, 0) is 44.2 Å². The van der Waals surface area contributed by atoms with Crippen molar-refractivity contribution in [3.05, 3.63) is 41.7 Å². The van der Waals surface area contributed by atoms with Gasteiger partial charge in [-0.15, -0.1) is 0 Å². The van der Waals surface area contributed by atoms with E-state index in [2.05, 4.69) is 10.2 Å². The standard InChI is InChI=1S/C17H22N4O4S/c1-3-25-14-4-6-15(7-5-14)26(23,24)21-10-8-20(9-11-21)17(22)16-12-13(2)18-19-16/h4-7,12H,3,8-11H2,1-2H3,(H,18,19). The summed E-state index contributed by atoms with van der Waals surface area (Å²) in [5, 5.41) is 6.71. The molecule has 1 aliphatic heterocycles. The molecule has 3 rings (SSSR count). The number of sulfonamides is 1. The second kappa shape index (κ2) is 7.46. The summed E-state index contributed by atoms with van der Waals surface area (Å²) in [6, 6.07) is 8.08. The van der Waals surface area contributed by atoms with Gasteiger partial charge in [0, 0.05) is 31.9 Å². The lowest BCUT2D eigenvalue weighted by molar-refractivity contribution is 0.0692. The van der Waals surface area contributed by atoms with E-state index >= 15 is 0 Å². The number of H-pyrrole nitrogens is 1. The number of aromatic nitrogens is 2. The van der Waals surface area contributed by atoms with Crippen molar-refractivity contribution >= 4 is 15.9 Å². The maximum Gasteiger partial charge on any atom is 0.274 e. The Morgan fingerprint density at radius 3 is 2.38 bits per heavy atom. The molecule has 0 atom stereocenters. The quantitative estimate of drug-likeness (QED) is 0.845. The van der Waals surface area contributed by atoms with Crippen molar-refractivity contribution in [1.82, 2.24) is 19.4 Å². The van der Waals surface area contributed by atoms with E-state index < -0.39 is 10.0 Å². The van der Waals surface area contributed by atoms with Crippen molar-refractivity contribution in [2.45, 2.75) is 18.7 Å². The Kier molecular flexibility index (Phi) is 5.28. The second-order valence-electron chi connectivity index (χ2n) is 6.04. The number of aromatic amines is 1. The number of carbonyl (C=O) groups excluding carboxylic acids is 1. The van der Waals surface area contributed by atoms with Gasteiger partial charge in [-0.3, -0.25) is 9.89 Å². The topological polar surface area (TPSA) is 95.6 Å². The molecule has 9 heteroatoms. The summed E-state index contributed by atoms with van der Waals surface area (Å²) in [6.45, 7) is 5.40. The Labute approximate surface area is 152 Å². The SMILES string of the molecule is CCOc1ccc(S(=O)(=O)N2CCN(C(=O)c3cc(C)[nH]n3)CC2)cc1. The van der Waals surface area contributed by atoms with Crippen molar-refractivity contribution in [2.24, 2.45) is 0 Å². The zero-order valence-corrected chi connectivity index (χ0v) is 15.6. The van der Waals surface area contributed by atoms with Crippen LogP contribution >= 0.6 is 0 Å². The molecule has 8 nitrogen and oxygen atoms in total. The van der Waals surface area contributed by atoms with Gasteiger partial charge in [-0.2, -0.15) is 9.40 Å². The number of nitrogens with zero attached hydrogens (tertiary/aromatic N) is 3. The molecule has 0 radical (unpaired) electrons. The lowest BCUT2D eigenvalue weighted by atomic mass is 10.3. The van der Waals surface area contributed by atoms with Gasteiger partial charge in [0.15, 0.2) is 0 Å². The number of hydrogen-bond acceptors (Lipinski definition) is 5. The smallest absolute Gasteiger partial charge is 0.274 e. The zero-order chi connectivity index (χ0) is 18.7. The van der Waals surface area contributed by atoms with Crippen LogP contribution in [0.3, 0.4) is 0 Å². The van der Waals surface area contributed by atoms with E-state index in [1.807, 2.05) is 13.8 Å². The lowest BCUT2D eigenvalue weighted by Crippen LogP contribution is -2.50. The van der Waals surface area contributed by atoms with E-state index in [1.165, 1.54) is 4.31 Å². The van der Waals surface area contributed by atoms with E-state index in [9.17, 15) is 13.2 Å². The lowest BCUT2D eigenvalue weighted by Gasteiger charge is -2.33. The predicted octanol–water partition coefficient (Wildman–Crippen LogP) is 1.26. The summed E-state index contributed by atoms with van der Waals surface area (Å²) in [5.41, 5.74) is 1.16. The third kappa shape index (κ3) is 3.73. The number of benzene rings is 1. The van der Waals surface area contributed by atoms with E-state index in [1.54, 1.807) is 35.2 Å². The fraction of sp³-hybridized carbons (Fsp3) is 0.412. The molecule has 0 aliphatic carbocycles. The van der Waals surface area contributed by atoms with Crippen LogP contribution in [0.25, 0.3) is 0 Å². The molecule has 0 saturated carbocycles. The third-order valence-corrected chi connectivity index (χ3v) is 6.14. The largest absolute Gasteiger partial charge is 0.494 e. The Morgan fingerprint density at radius 2 is 1.85 bits per heavy atom. The van der Waals surface area contributed by atoms with Crippen LogP contribution < -0.4 is 4.74 Å². The Balaban J connectivity index is 1.65. The molecule has 1 aliphatic rings. The van der Waals surface area contributed by atoms with Gasteiger partial charge in [-0.1, -0.05) is 0 Å². The molecule has 0 spiro atoms. The molecule has 140 valence electrons. The Hall–Kier alpha value is -2.39. The summed E-state index contributed by atoms with van der Waals surface area (Å²) in [5.74, 6) is 0.448. The summed E-state index contributed by atoms with van der Waals surface area (Å²) in [7, 11) is -3.59. The van der Waals surface area contributed by atoms with Crippen LogP contribution in [-0.2, 0) is 10.0 Å². The number of ether oxygens (including phenoxy) is 1. The molecule has 1 N–H and O–H groups in total. The van der Waals surface area contributed by atoms with Crippen LogP contribution in [-0.4, -0.2) is 66.5 Å². The predicted molar refractivity (Wildman–Crippen MR) is 95.6 cm³/mol. The van der Waals surface area contributed by atoms with Gasteiger partial charge in [0.05, 0.1) is 11.5 Å². The van der Waals surface area contributed by atoms with Crippen molar-refractivity contribution in [3.63, 3.8) is 0 Å². The van der Waals surface area contributed by atoms with Crippen molar-refractivity contribution in [1.29, 1.82) is 0 Å². The monoisotopic (exact) mass is 378 g/mol. The average molecular weight is 378 g/mol. The van der Waals surface area contributed by atoms with Crippen LogP contribution in [0.15, 0.2) is 35.2 Å². The van der Waals surface area contributed by atoms with E-state index in [-0.39, 0.29) is 23.9 Å².